The Morgan fingerprint density at radius 2 is 0.726 bits per heavy atom. The zero-order valence-electron chi connectivity index (χ0n) is 35.4. The molecule has 0 bridgehead atoms. The molecule has 9 aromatic rings. The maximum absolute atomic E-state index is 4.86. The van der Waals surface area contributed by atoms with Crippen molar-refractivity contribution in [1.29, 1.82) is 0 Å². The van der Waals surface area contributed by atoms with Crippen molar-refractivity contribution in [2.24, 2.45) is 0 Å². The van der Waals surface area contributed by atoms with E-state index in [2.05, 4.69) is 193 Å². The molecule has 9 aromatic carbocycles. The predicted molar refractivity (Wildman–Crippen MR) is 267 cm³/mol. The van der Waals surface area contributed by atoms with Gasteiger partial charge in [-0.1, -0.05) is 153 Å². The fourth-order valence-electron chi connectivity index (χ4n) is 10.5. The molecule has 0 aliphatic heterocycles. The monoisotopic (exact) mass is 797 g/mol. The first-order valence-corrected chi connectivity index (χ1v) is 22.7. The third kappa shape index (κ3) is 7.12. The second-order valence-electron chi connectivity index (χ2n) is 17.4. The second kappa shape index (κ2) is 16.5. The number of allylic oxidation sites excluding steroid dienone is 5. The molecular weight excluding hydrogens is 747 g/mol. The van der Waals surface area contributed by atoms with Gasteiger partial charge in [0.15, 0.2) is 0 Å². The van der Waals surface area contributed by atoms with Crippen molar-refractivity contribution in [1.82, 2.24) is 0 Å². The Labute approximate surface area is 366 Å². The van der Waals surface area contributed by atoms with Crippen LogP contribution in [0.2, 0.25) is 0 Å². The smallest absolute Gasteiger partial charge is 0.0462 e. The second-order valence-corrected chi connectivity index (χ2v) is 17.4. The molecule has 0 spiro atoms. The van der Waals surface area contributed by atoms with Gasteiger partial charge in [-0.05, 0) is 193 Å². The van der Waals surface area contributed by atoms with Crippen LogP contribution in [0.1, 0.15) is 68.9 Å². The quantitative estimate of drug-likeness (QED) is 0.145. The molecule has 0 N–H and O–H groups in total. The average molecular weight is 798 g/mol. The van der Waals surface area contributed by atoms with E-state index in [4.69, 9.17) is 6.58 Å². The largest absolute Gasteiger partial charge is 0.311 e. The van der Waals surface area contributed by atoms with Gasteiger partial charge in [0, 0.05) is 17.1 Å². The van der Waals surface area contributed by atoms with Gasteiger partial charge >= 0.3 is 0 Å². The highest BCUT2D eigenvalue weighted by molar-refractivity contribution is 6.23. The van der Waals surface area contributed by atoms with E-state index in [1.807, 2.05) is 0 Å². The van der Waals surface area contributed by atoms with E-state index >= 15 is 0 Å². The minimum Gasteiger partial charge on any atom is -0.311 e. The van der Waals surface area contributed by atoms with Crippen molar-refractivity contribution in [2.75, 3.05) is 4.90 Å². The first-order chi connectivity index (χ1) is 30.7. The lowest BCUT2D eigenvalue weighted by Gasteiger charge is -2.29. The Balaban J connectivity index is 1.02. The van der Waals surface area contributed by atoms with Crippen molar-refractivity contribution in [3.8, 4) is 22.3 Å². The molecule has 1 fully saturated rings. The highest BCUT2D eigenvalue weighted by Gasteiger charge is 2.25. The third-order valence-corrected chi connectivity index (χ3v) is 13.6. The first kappa shape index (κ1) is 38.0. The van der Waals surface area contributed by atoms with Crippen molar-refractivity contribution < 1.29 is 0 Å². The van der Waals surface area contributed by atoms with Gasteiger partial charge in [0.05, 0.1) is 0 Å². The van der Waals surface area contributed by atoms with Crippen LogP contribution in [0.4, 0.5) is 17.1 Å². The summed E-state index contributed by atoms with van der Waals surface area (Å²) in [5.41, 5.74) is 18.3. The molecule has 0 heterocycles. The summed E-state index contributed by atoms with van der Waals surface area (Å²) < 4.78 is 0. The summed E-state index contributed by atoms with van der Waals surface area (Å²) in [5.74, 6) is 0. The van der Waals surface area contributed by atoms with E-state index in [0.717, 1.165) is 42.7 Å². The van der Waals surface area contributed by atoms with Crippen LogP contribution in [0.15, 0.2) is 211 Å². The number of anilines is 3. The van der Waals surface area contributed by atoms with Crippen LogP contribution in [-0.2, 0) is 0 Å². The lowest BCUT2D eigenvalue weighted by molar-refractivity contribution is 0.662. The molecule has 1 heteroatoms. The van der Waals surface area contributed by atoms with Gasteiger partial charge in [-0.25, -0.2) is 0 Å². The highest BCUT2D eigenvalue weighted by atomic mass is 15.1. The Bertz CT molecular complexity index is 2970. The average Bonchev–Trinajstić information content (AvgIpc) is 3.34. The van der Waals surface area contributed by atoms with Crippen LogP contribution < -0.4 is 4.90 Å². The molecule has 0 saturated heterocycles. The summed E-state index contributed by atoms with van der Waals surface area (Å²) in [6, 6.07) is 69.7. The molecule has 1 saturated carbocycles. The lowest BCUT2D eigenvalue weighted by atomic mass is 9.76. The first-order valence-electron chi connectivity index (χ1n) is 22.7. The molecule has 11 rings (SSSR count). The van der Waals surface area contributed by atoms with Crippen LogP contribution in [0.5, 0.6) is 0 Å². The van der Waals surface area contributed by atoms with E-state index in [-0.39, 0.29) is 0 Å². The molecule has 62 heavy (non-hydrogen) atoms. The van der Waals surface area contributed by atoms with Gasteiger partial charge in [-0.2, -0.15) is 0 Å². The standard InChI is InChI=1S/C61H51N/c1-42-14-5-2-10-21-56(52-40-50-26-24-47-19-13-20-48-25-27-51(41-52)61(50)60(47)48)57-22-11-12-23-58(57)59(42)49-32-38-55(39-33-49)62(53-34-28-45(29-35-53)43-15-6-3-7-16-43)54-36-30-46(31-37-54)44-17-8-4-9-18-44/h3-4,6-9,13,15-20,24-41H,1-2,5,10-12,14,21-23H2/b57-56+,59-58?. The molecule has 300 valence electrons. The number of benzene rings is 9. The number of nitrogens with zero attached hydrogens (tertiary/aromatic N) is 1. The van der Waals surface area contributed by atoms with Gasteiger partial charge in [0.2, 0.25) is 0 Å². The Morgan fingerprint density at radius 3 is 1.27 bits per heavy atom. The van der Waals surface area contributed by atoms with Crippen molar-refractivity contribution in [3.05, 3.63) is 222 Å². The van der Waals surface area contributed by atoms with Gasteiger partial charge in [-0.3, -0.25) is 0 Å². The summed E-state index contributed by atoms with van der Waals surface area (Å²) >= 11 is 0. The molecular formula is C61H51N. The van der Waals surface area contributed by atoms with Gasteiger partial charge in [0.25, 0.3) is 0 Å². The summed E-state index contributed by atoms with van der Waals surface area (Å²) in [6.07, 6.45) is 10.4. The molecule has 0 aromatic heterocycles. The lowest BCUT2D eigenvalue weighted by Crippen LogP contribution is -2.10. The minimum absolute atomic E-state index is 1.04. The molecule has 2 aliphatic rings. The minimum atomic E-state index is 1.04. The Kier molecular flexibility index (Phi) is 10.1. The van der Waals surface area contributed by atoms with Gasteiger partial charge < -0.3 is 4.90 Å². The summed E-state index contributed by atoms with van der Waals surface area (Å²) in [7, 11) is 0. The van der Waals surface area contributed by atoms with Crippen LogP contribution in [0.25, 0.3) is 65.7 Å². The predicted octanol–water partition coefficient (Wildman–Crippen LogP) is 17.7. The molecule has 1 nitrogen and oxygen atoms in total. The number of hydrogen-bond donors (Lipinski definition) is 0. The van der Waals surface area contributed by atoms with Gasteiger partial charge in [0.1, 0.15) is 0 Å². The maximum Gasteiger partial charge on any atom is 0.0462 e. The third-order valence-electron chi connectivity index (χ3n) is 13.6. The fraction of sp³-hybridized carbons (Fsp3) is 0.148. The maximum atomic E-state index is 4.86. The number of fused-ring (bicyclic) bond motifs is 1. The molecule has 0 atom stereocenters. The zero-order valence-corrected chi connectivity index (χ0v) is 35.4. The highest BCUT2D eigenvalue weighted by Crippen LogP contribution is 2.47. The van der Waals surface area contributed by atoms with E-state index in [1.165, 1.54) is 115 Å². The fourth-order valence-corrected chi connectivity index (χ4v) is 10.5. The molecule has 0 unspecified atom stereocenters. The van der Waals surface area contributed by atoms with Crippen molar-refractivity contribution >= 4 is 60.5 Å². The van der Waals surface area contributed by atoms with Crippen LogP contribution >= 0.6 is 0 Å². The van der Waals surface area contributed by atoms with Crippen molar-refractivity contribution in [2.45, 2.75) is 57.8 Å². The van der Waals surface area contributed by atoms with Crippen LogP contribution in [0, 0.1) is 0 Å². The molecule has 0 radical (unpaired) electrons. The van der Waals surface area contributed by atoms with E-state index in [9.17, 15) is 0 Å². The summed E-state index contributed by atoms with van der Waals surface area (Å²) in [4.78, 5) is 2.39. The summed E-state index contributed by atoms with van der Waals surface area (Å²) in [5, 5.41) is 8.14. The van der Waals surface area contributed by atoms with Crippen LogP contribution in [-0.4, -0.2) is 0 Å². The topological polar surface area (TPSA) is 3.24 Å². The van der Waals surface area contributed by atoms with E-state index in [1.54, 1.807) is 11.1 Å². The van der Waals surface area contributed by atoms with E-state index < -0.39 is 0 Å². The molecule has 2 aliphatic carbocycles. The Hall–Kier alpha value is -6.96. The summed E-state index contributed by atoms with van der Waals surface area (Å²) in [6.45, 7) is 4.86. The zero-order chi connectivity index (χ0) is 41.4. The molecule has 0 amide bonds. The van der Waals surface area contributed by atoms with Crippen molar-refractivity contribution in [3.63, 3.8) is 0 Å². The number of rotatable bonds is 7. The van der Waals surface area contributed by atoms with Gasteiger partial charge in [-0.15, -0.1) is 0 Å². The number of hydrogen-bond acceptors (Lipinski definition) is 1. The van der Waals surface area contributed by atoms with E-state index in [0.29, 0.717) is 0 Å². The van der Waals surface area contributed by atoms with Crippen LogP contribution in [0.3, 0.4) is 0 Å². The normalized spacial score (nSPS) is 16.2. The Morgan fingerprint density at radius 1 is 0.306 bits per heavy atom. The SMILES string of the molecule is C=C1CCCCC/C(c2cc3ccc4cccc5ccc(c2)c3c45)=C2/CCCCC2=C1c1ccc(N(c2ccc(-c3ccccc3)cc2)c2ccc(-c3ccccc3)cc2)cc1.